The van der Waals surface area contributed by atoms with Crippen LogP contribution in [-0.4, -0.2) is 30.4 Å². The van der Waals surface area contributed by atoms with Crippen LogP contribution in [0.4, 0.5) is 10.5 Å². The molecule has 2 rings (SSSR count). The first-order chi connectivity index (χ1) is 10.6. The summed E-state index contributed by atoms with van der Waals surface area (Å²) in [5, 5.41) is 0. The number of primary amides is 1. The van der Waals surface area contributed by atoms with Crippen LogP contribution in [0.2, 0.25) is 0 Å². The first kappa shape index (κ1) is 17.8. The molecular weight excluding hydrogens is 291 g/mol. The molecule has 0 spiro atoms. The Morgan fingerprint density at radius 1 is 1.17 bits per heavy atom. The minimum Gasteiger partial charge on any atom is -0.399 e. The summed E-state index contributed by atoms with van der Waals surface area (Å²) in [7, 11) is -0.403. The Labute approximate surface area is 139 Å². The summed E-state index contributed by atoms with van der Waals surface area (Å²) in [6.45, 7) is 12.1. The molecule has 0 saturated carbocycles. The van der Waals surface area contributed by atoms with Gasteiger partial charge in [-0.25, -0.2) is 4.79 Å². The minimum absolute atomic E-state index is 0.0511. The molecule has 126 valence electrons. The topological polar surface area (TPSA) is 64.8 Å². The Morgan fingerprint density at radius 3 is 2.04 bits per heavy atom. The number of hydrogen-bond acceptors (Lipinski definition) is 3. The molecular formula is C17H27BN2O3. The third-order valence-electron chi connectivity index (χ3n) is 4.97. The van der Waals surface area contributed by atoms with E-state index in [0.717, 1.165) is 17.6 Å². The van der Waals surface area contributed by atoms with Gasteiger partial charge in [0.05, 0.1) is 11.2 Å². The molecule has 23 heavy (non-hydrogen) atoms. The largest absolute Gasteiger partial charge is 0.494 e. The lowest BCUT2D eigenvalue weighted by atomic mass is 9.79. The number of carbonyl (C=O) groups is 1. The van der Waals surface area contributed by atoms with Crippen molar-refractivity contribution in [1.82, 2.24) is 0 Å². The fourth-order valence-electron chi connectivity index (χ4n) is 2.55. The number of nitrogens with zero attached hydrogens (tertiary/aromatic N) is 1. The van der Waals surface area contributed by atoms with E-state index in [9.17, 15) is 4.79 Å². The van der Waals surface area contributed by atoms with E-state index in [1.165, 1.54) is 0 Å². The molecule has 0 aliphatic carbocycles. The van der Waals surface area contributed by atoms with E-state index in [2.05, 4.69) is 0 Å². The van der Waals surface area contributed by atoms with Crippen LogP contribution >= 0.6 is 0 Å². The molecule has 1 heterocycles. The van der Waals surface area contributed by atoms with Gasteiger partial charge < -0.3 is 15.0 Å². The van der Waals surface area contributed by atoms with Crippen molar-refractivity contribution in [1.29, 1.82) is 0 Å². The van der Waals surface area contributed by atoms with E-state index in [1.807, 2.05) is 65.8 Å². The molecule has 1 fully saturated rings. The van der Waals surface area contributed by atoms with Crippen molar-refractivity contribution < 1.29 is 14.1 Å². The lowest BCUT2D eigenvalue weighted by Gasteiger charge is -2.32. The molecule has 1 saturated heterocycles. The van der Waals surface area contributed by atoms with Gasteiger partial charge in [0.1, 0.15) is 0 Å². The summed E-state index contributed by atoms with van der Waals surface area (Å²) in [5.74, 6) is 0. The maximum absolute atomic E-state index is 11.7. The Hall–Kier alpha value is -1.53. The molecule has 1 aromatic rings. The third kappa shape index (κ3) is 3.38. The smallest absolute Gasteiger partial charge is 0.399 e. The van der Waals surface area contributed by atoms with Crippen LogP contribution in [0.25, 0.3) is 0 Å². The van der Waals surface area contributed by atoms with Crippen molar-refractivity contribution in [2.75, 3.05) is 4.90 Å². The zero-order valence-corrected chi connectivity index (χ0v) is 14.9. The lowest BCUT2D eigenvalue weighted by Crippen LogP contribution is -2.42. The summed E-state index contributed by atoms with van der Waals surface area (Å²) in [6.07, 6.45) is 0.835. The minimum atomic E-state index is -0.442. The predicted molar refractivity (Wildman–Crippen MR) is 94.0 cm³/mol. The molecule has 1 aliphatic rings. The number of carbonyl (C=O) groups excluding carboxylic acids is 1. The number of benzene rings is 1. The fraction of sp³-hybridized carbons (Fsp3) is 0.588. The number of anilines is 1. The molecule has 0 radical (unpaired) electrons. The fourth-order valence-corrected chi connectivity index (χ4v) is 2.55. The van der Waals surface area contributed by atoms with Crippen molar-refractivity contribution >= 4 is 24.3 Å². The van der Waals surface area contributed by atoms with Crippen LogP contribution in [0, 0.1) is 0 Å². The molecule has 1 unspecified atom stereocenters. The highest BCUT2D eigenvalue weighted by molar-refractivity contribution is 6.62. The maximum atomic E-state index is 11.7. The summed E-state index contributed by atoms with van der Waals surface area (Å²) in [5.41, 5.74) is 6.49. The number of nitrogens with two attached hydrogens (primary N) is 1. The van der Waals surface area contributed by atoms with Crippen LogP contribution in [0.5, 0.6) is 0 Å². The van der Waals surface area contributed by atoms with Gasteiger partial charge in [-0.2, -0.15) is 0 Å². The van der Waals surface area contributed by atoms with Crippen LogP contribution in [-0.2, 0) is 9.31 Å². The number of urea groups is 1. The lowest BCUT2D eigenvalue weighted by molar-refractivity contribution is 0.00578. The molecule has 0 aromatic heterocycles. The molecule has 5 nitrogen and oxygen atoms in total. The second-order valence-electron chi connectivity index (χ2n) is 7.15. The first-order valence-corrected chi connectivity index (χ1v) is 8.13. The number of amides is 2. The van der Waals surface area contributed by atoms with Gasteiger partial charge in [0.15, 0.2) is 0 Å². The highest BCUT2D eigenvalue weighted by atomic mass is 16.7. The average molecular weight is 318 g/mol. The quantitative estimate of drug-likeness (QED) is 0.868. The van der Waals surface area contributed by atoms with Gasteiger partial charge in [-0.05, 0) is 58.6 Å². The number of hydrogen-bond donors (Lipinski definition) is 1. The molecule has 2 N–H and O–H groups in total. The van der Waals surface area contributed by atoms with E-state index < -0.39 is 13.1 Å². The van der Waals surface area contributed by atoms with Crippen LogP contribution < -0.4 is 16.1 Å². The summed E-state index contributed by atoms with van der Waals surface area (Å²) >= 11 is 0. The SMILES string of the molecule is CCC(C)N(C(N)=O)c1ccc(B2OC(C)(C)C(C)(C)O2)cc1. The van der Waals surface area contributed by atoms with E-state index in [-0.39, 0.29) is 17.2 Å². The molecule has 1 aromatic carbocycles. The van der Waals surface area contributed by atoms with Gasteiger partial charge in [0.25, 0.3) is 0 Å². The second-order valence-corrected chi connectivity index (χ2v) is 7.15. The monoisotopic (exact) mass is 318 g/mol. The van der Waals surface area contributed by atoms with Gasteiger partial charge in [-0.3, -0.25) is 4.90 Å². The van der Waals surface area contributed by atoms with Crippen molar-refractivity contribution in [2.45, 2.75) is 65.2 Å². The molecule has 6 heteroatoms. The number of rotatable bonds is 4. The average Bonchev–Trinajstić information content (AvgIpc) is 2.67. The van der Waals surface area contributed by atoms with Gasteiger partial charge >= 0.3 is 13.1 Å². The highest BCUT2D eigenvalue weighted by Gasteiger charge is 2.51. The summed E-state index contributed by atoms with van der Waals surface area (Å²) in [6, 6.07) is 7.23. The zero-order valence-electron chi connectivity index (χ0n) is 14.9. The first-order valence-electron chi connectivity index (χ1n) is 8.13. The predicted octanol–water partition coefficient (Wildman–Crippen LogP) is 2.67. The molecule has 2 amide bonds. The molecule has 1 aliphatic heterocycles. The van der Waals surface area contributed by atoms with E-state index >= 15 is 0 Å². The normalized spacial score (nSPS) is 20.3. The Balaban J connectivity index is 2.22. The van der Waals surface area contributed by atoms with Gasteiger partial charge in [-0.1, -0.05) is 19.1 Å². The van der Waals surface area contributed by atoms with Crippen LogP contribution in [0.3, 0.4) is 0 Å². The standard InChI is InChI=1S/C17H27BN2O3/c1-7-12(2)20(15(19)21)14-10-8-13(9-11-14)18-22-16(3,4)17(5,6)23-18/h8-12H,7H2,1-6H3,(H2,19,21). The zero-order chi connectivity index (χ0) is 17.4. The van der Waals surface area contributed by atoms with Gasteiger partial charge in [0.2, 0.25) is 0 Å². The second kappa shape index (κ2) is 6.17. The van der Waals surface area contributed by atoms with Crippen molar-refractivity contribution in [3.8, 4) is 0 Å². The Morgan fingerprint density at radius 2 is 1.65 bits per heavy atom. The van der Waals surface area contributed by atoms with E-state index in [0.29, 0.717) is 0 Å². The van der Waals surface area contributed by atoms with Crippen LogP contribution in [0.15, 0.2) is 24.3 Å². The van der Waals surface area contributed by atoms with Gasteiger partial charge in [0, 0.05) is 11.7 Å². The van der Waals surface area contributed by atoms with Gasteiger partial charge in [-0.15, -0.1) is 0 Å². The third-order valence-corrected chi connectivity index (χ3v) is 4.97. The van der Waals surface area contributed by atoms with Crippen LogP contribution in [0.1, 0.15) is 48.0 Å². The Kier molecular flexibility index (Phi) is 4.78. The molecule has 0 bridgehead atoms. The maximum Gasteiger partial charge on any atom is 0.494 e. The summed E-state index contributed by atoms with van der Waals surface area (Å²) in [4.78, 5) is 13.3. The van der Waals surface area contributed by atoms with Crippen molar-refractivity contribution in [3.63, 3.8) is 0 Å². The van der Waals surface area contributed by atoms with Crippen molar-refractivity contribution in [2.24, 2.45) is 5.73 Å². The van der Waals surface area contributed by atoms with E-state index in [4.69, 9.17) is 15.0 Å². The van der Waals surface area contributed by atoms with Crippen molar-refractivity contribution in [3.05, 3.63) is 24.3 Å². The Bertz CT molecular complexity index is 556. The molecule has 1 atom stereocenters. The van der Waals surface area contributed by atoms with E-state index in [1.54, 1.807) is 4.90 Å². The summed E-state index contributed by atoms with van der Waals surface area (Å²) < 4.78 is 12.1. The highest BCUT2D eigenvalue weighted by Crippen LogP contribution is 2.36.